The first-order valence-electron chi connectivity index (χ1n) is 5.29. The molecule has 0 radical (unpaired) electrons. The summed E-state index contributed by atoms with van der Waals surface area (Å²) in [5.41, 5.74) is 1.39. The molecule has 0 amide bonds. The number of nitrogens with zero attached hydrogens (tertiary/aromatic N) is 1. The highest BCUT2D eigenvalue weighted by Crippen LogP contribution is 2.28. The quantitative estimate of drug-likeness (QED) is 0.760. The van der Waals surface area contributed by atoms with Gasteiger partial charge in [0.05, 0.1) is 12.6 Å². The van der Waals surface area contributed by atoms with E-state index in [9.17, 15) is 10.2 Å². The first-order chi connectivity index (χ1) is 7.60. The highest BCUT2D eigenvalue weighted by atomic mass is 16.3. The van der Waals surface area contributed by atoms with Crippen LogP contribution in [0.3, 0.4) is 0 Å². The molecule has 0 aromatic heterocycles. The first-order valence-corrected chi connectivity index (χ1v) is 5.29. The van der Waals surface area contributed by atoms with E-state index in [1.165, 1.54) is 0 Å². The van der Waals surface area contributed by atoms with Crippen LogP contribution < -0.4 is 4.90 Å². The van der Waals surface area contributed by atoms with Gasteiger partial charge in [-0.2, -0.15) is 0 Å². The van der Waals surface area contributed by atoms with Crippen molar-refractivity contribution in [1.29, 1.82) is 0 Å². The summed E-state index contributed by atoms with van der Waals surface area (Å²) in [6, 6.07) is 5.19. The van der Waals surface area contributed by atoms with Crippen molar-refractivity contribution in [3.05, 3.63) is 23.8 Å². The molecule has 0 aliphatic carbocycles. The minimum atomic E-state index is -0.670. The molecule has 1 atom stereocenters. The normalized spacial score (nSPS) is 11.9. The highest BCUT2D eigenvalue weighted by molar-refractivity contribution is 5.54. The number of aromatic hydroxyl groups is 1. The summed E-state index contributed by atoms with van der Waals surface area (Å²) in [5.74, 6) is 2.67. The number of phenolic OH excluding ortho intramolecular Hbond substituents is 1. The SMILES string of the molecule is C#CCN(CC)c1ccc(C(C)O)c(O)c1. The molecule has 0 saturated heterocycles. The van der Waals surface area contributed by atoms with E-state index in [0.29, 0.717) is 12.1 Å². The van der Waals surface area contributed by atoms with Crippen LogP contribution in [0.25, 0.3) is 0 Å². The minimum absolute atomic E-state index is 0.1000. The maximum absolute atomic E-state index is 9.74. The number of aliphatic hydroxyl groups is 1. The Labute approximate surface area is 96.3 Å². The second kappa shape index (κ2) is 5.43. The van der Waals surface area contributed by atoms with Gasteiger partial charge in [-0.15, -0.1) is 6.42 Å². The molecular weight excluding hydrogens is 202 g/mol. The minimum Gasteiger partial charge on any atom is -0.507 e. The predicted octanol–water partition coefficient (Wildman–Crippen LogP) is 1.91. The van der Waals surface area contributed by atoms with Gasteiger partial charge in [0.2, 0.25) is 0 Å². The Balaban J connectivity index is 3.00. The third kappa shape index (κ3) is 2.68. The van der Waals surface area contributed by atoms with Crippen LogP contribution in [-0.2, 0) is 0 Å². The molecule has 16 heavy (non-hydrogen) atoms. The van der Waals surface area contributed by atoms with Crippen molar-refractivity contribution >= 4 is 5.69 Å². The number of rotatable bonds is 4. The van der Waals surface area contributed by atoms with Crippen molar-refractivity contribution in [2.45, 2.75) is 20.0 Å². The van der Waals surface area contributed by atoms with Crippen molar-refractivity contribution in [3.63, 3.8) is 0 Å². The molecule has 86 valence electrons. The van der Waals surface area contributed by atoms with Gasteiger partial charge in [-0.1, -0.05) is 12.0 Å². The van der Waals surface area contributed by atoms with Gasteiger partial charge < -0.3 is 15.1 Å². The standard InChI is InChI=1S/C13H17NO2/c1-4-8-14(5-2)11-6-7-12(10(3)15)13(16)9-11/h1,6-7,9-10,15-16H,5,8H2,2-3H3. The molecule has 0 spiro atoms. The van der Waals surface area contributed by atoms with E-state index in [1.807, 2.05) is 17.9 Å². The fraction of sp³-hybridized carbons (Fsp3) is 0.385. The van der Waals surface area contributed by atoms with Gasteiger partial charge in [0.1, 0.15) is 5.75 Å². The van der Waals surface area contributed by atoms with E-state index < -0.39 is 6.10 Å². The smallest absolute Gasteiger partial charge is 0.123 e. The van der Waals surface area contributed by atoms with Crippen molar-refractivity contribution < 1.29 is 10.2 Å². The number of hydrogen-bond acceptors (Lipinski definition) is 3. The second-order valence-electron chi connectivity index (χ2n) is 3.64. The van der Waals surface area contributed by atoms with Gasteiger partial charge >= 0.3 is 0 Å². The molecule has 0 heterocycles. The van der Waals surface area contributed by atoms with Crippen LogP contribution in [-0.4, -0.2) is 23.3 Å². The van der Waals surface area contributed by atoms with Gasteiger partial charge in [0, 0.05) is 23.9 Å². The maximum atomic E-state index is 9.74. The van der Waals surface area contributed by atoms with E-state index in [1.54, 1.807) is 19.1 Å². The Kier molecular flexibility index (Phi) is 4.21. The first kappa shape index (κ1) is 12.4. The Morgan fingerprint density at radius 2 is 2.19 bits per heavy atom. The average molecular weight is 219 g/mol. The van der Waals surface area contributed by atoms with Crippen LogP contribution in [0, 0.1) is 12.3 Å². The summed E-state index contributed by atoms with van der Waals surface area (Å²) < 4.78 is 0. The zero-order chi connectivity index (χ0) is 12.1. The highest BCUT2D eigenvalue weighted by Gasteiger charge is 2.10. The molecule has 2 N–H and O–H groups in total. The summed E-state index contributed by atoms with van der Waals surface area (Å²) >= 11 is 0. The Morgan fingerprint density at radius 3 is 2.62 bits per heavy atom. The summed E-state index contributed by atoms with van der Waals surface area (Å²) in [6.07, 6.45) is 4.59. The fourth-order valence-corrected chi connectivity index (χ4v) is 1.58. The molecule has 0 aliphatic rings. The van der Waals surface area contributed by atoms with Crippen LogP contribution in [0.4, 0.5) is 5.69 Å². The predicted molar refractivity (Wildman–Crippen MR) is 65.5 cm³/mol. The Bertz CT molecular complexity index is 393. The van der Waals surface area contributed by atoms with Crippen LogP contribution in [0.15, 0.2) is 18.2 Å². The number of benzene rings is 1. The summed E-state index contributed by atoms with van der Waals surface area (Å²) in [4.78, 5) is 1.96. The monoisotopic (exact) mass is 219 g/mol. The molecule has 0 aliphatic heterocycles. The zero-order valence-electron chi connectivity index (χ0n) is 9.64. The summed E-state index contributed by atoms with van der Waals surface area (Å²) in [5, 5.41) is 19.1. The number of aliphatic hydroxyl groups excluding tert-OH is 1. The molecule has 0 fully saturated rings. The largest absolute Gasteiger partial charge is 0.507 e. The average Bonchev–Trinajstić information content (AvgIpc) is 2.25. The van der Waals surface area contributed by atoms with Crippen molar-refractivity contribution in [1.82, 2.24) is 0 Å². The molecule has 0 saturated carbocycles. The van der Waals surface area contributed by atoms with E-state index in [-0.39, 0.29) is 5.75 Å². The van der Waals surface area contributed by atoms with E-state index in [0.717, 1.165) is 12.2 Å². The van der Waals surface area contributed by atoms with Gasteiger partial charge in [-0.25, -0.2) is 0 Å². The maximum Gasteiger partial charge on any atom is 0.123 e. The molecule has 1 rings (SSSR count). The number of terminal acetylenes is 1. The van der Waals surface area contributed by atoms with Crippen LogP contribution in [0.5, 0.6) is 5.75 Å². The van der Waals surface area contributed by atoms with E-state index in [4.69, 9.17) is 6.42 Å². The van der Waals surface area contributed by atoms with Crippen LogP contribution >= 0.6 is 0 Å². The number of anilines is 1. The van der Waals surface area contributed by atoms with Crippen molar-refractivity contribution in [2.24, 2.45) is 0 Å². The molecule has 1 unspecified atom stereocenters. The zero-order valence-corrected chi connectivity index (χ0v) is 9.64. The van der Waals surface area contributed by atoms with Crippen molar-refractivity contribution in [2.75, 3.05) is 18.0 Å². The van der Waals surface area contributed by atoms with Gasteiger partial charge in [-0.05, 0) is 19.9 Å². The topological polar surface area (TPSA) is 43.7 Å². The fourth-order valence-electron chi connectivity index (χ4n) is 1.58. The van der Waals surface area contributed by atoms with Crippen LogP contribution in [0.1, 0.15) is 25.5 Å². The van der Waals surface area contributed by atoms with Gasteiger partial charge in [0.25, 0.3) is 0 Å². The molecule has 0 bridgehead atoms. The Hall–Kier alpha value is -1.66. The lowest BCUT2D eigenvalue weighted by atomic mass is 10.1. The lowest BCUT2D eigenvalue weighted by Crippen LogP contribution is -2.22. The van der Waals surface area contributed by atoms with E-state index in [2.05, 4.69) is 5.92 Å². The molecular formula is C13H17NO2. The third-order valence-corrected chi connectivity index (χ3v) is 2.49. The lowest BCUT2D eigenvalue weighted by molar-refractivity contribution is 0.195. The molecule has 3 nitrogen and oxygen atoms in total. The van der Waals surface area contributed by atoms with Crippen molar-refractivity contribution in [3.8, 4) is 18.1 Å². The number of phenols is 1. The molecule has 3 heteroatoms. The molecule has 1 aromatic rings. The van der Waals surface area contributed by atoms with Crippen LogP contribution in [0.2, 0.25) is 0 Å². The van der Waals surface area contributed by atoms with Gasteiger partial charge in [0.15, 0.2) is 0 Å². The lowest BCUT2D eigenvalue weighted by Gasteiger charge is -2.21. The summed E-state index contributed by atoms with van der Waals surface area (Å²) in [7, 11) is 0. The van der Waals surface area contributed by atoms with Gasteiger partial charge in [-0.3, -0.25) is 0 Å². The summed E-state index contributed by atoms with van der Waals surface area (Å²) in [6.45, 7) is 4.90. The second-order valence-corrected chi connectivity index (χ2v) is 3.64. The Morgan fingerprint density at radius 1 is 1.50 bits per heavy atom. The van der Waals surface area contributed by atoms with E-state index >= 15 is 0 Å². The third-order valence-electron chi connectivity index (χ3n) is 2.49. The molecule has 1 aromatic carbocycles. The number of hydrogen-bond donors (Lipinski definition) is 2.